The number of benzene rings is 1. The molecule has 1 N–H and O–H groups in total. The third kappa shape index (κ3) is 4.52. The molecule has 0 amide bonds. The Bertz CT molecular complexity index is 660. The van der Waals surface area contributed by atoms with E-state index in [1.54, 1.807) is 0 Å². The van der Waals surface area contributed by atoms with E-state index in [0.29, 0.717) is 6.04 Å². The molecular weight excluding hydrogens is 322 g/mol. The highest BCUT2D eigenvalue weighted by Gasteiger charge is 2.30. The summed E-state index contributed by atoms with van der Waals surface area (Å²) in [5.74, 6) is 1.93. The Morgan fingerprint density at radius 3 is 2.73 bits per heavy atom. The van der Waals surface area contributed by atoms with Gasteiger partial charge in [0.2, 0.25) is 0 Å². The fourth-order valence-electron chi connectivity index (χ4n) is 3.53. The zero-order valence-corrected chi connectivity index (χ0v) is 16.2. The Morgan fingerprint density at radius 1 is 1.23 bits per heavy atom. The van der Waals surface area contributed by atoms with E-state index in [1.165, 1.54) is 12.0 Å². The smallest absolute Gasteiger partial charge is 0.143 e. The summed E-state index contributed by atoms with van der Waals surface area (Å²) >= 11 is 0. The van der Waals surface area contributed by atoms with Gasteiger partial charge in [0.15, 0.2) is 0 Å². The Morgan fingerprint density at radius 2 is 2.00 bits per heavy atom. The first kappa shape index (κ1) is 18.6. The first-order valence-corrected chi connectivity index (χ1v) is 9.84. The van der Waals surface area contributed by atoms with Gasteiger partial charge in [0, 0.05) is 6.04 Å². The molecular formula is C21H31N5. The van der Waals surface area contributed by atoms with Crippen LogP contribution in [0.3, 0.4) is 0 Å². The molecule has 2 aliphatic heterocycles. The highest BCUT2D eigenvalue weighted by molar-refractivity contribution is 6.07. The Balaban J connectivity index is 1.58. The lowest BCUT2D eigenvalue weighted by atomic mass is 10.1. The summed E-state index contributed by atoms with van der Waals surface area (Å²) in [6.07, 6.45) is 6.41. The van der Waals surface area contributed by atoms with Crippen LogP contribution in [0, 0.1) is 0 Å². The van der Waals surface area contributed by atoms with Gasteiger partial charge in [-0.05, 0) is 57.1 Å². The highest BCUT2D eigenvalue weighted by Crippen LogP contribution is 2.26. The lowest BCUT2D eigenvalue weighted by Crippen LogP contribution is -2.47. The molecule has 0 spiro atoms. The van der Waals surface area contributed by atoms with E-state index < -0.39 is 0 Å². The molecule has 0 saturated carbocycles. The standard InChI is InChI=1S/C21H31N5/c1-4-25(5-2)15-9-10-17(3)23-20-13-14-21-22-16-19(26(21)24-20)18-11-7-6-8-12-18/h6-8,11-14,17,19H,4-5,9-10,15-16H2,1-3H3,(H,23,24)/t17?,19-/m0/s1. The van der Waals surface area contributed by atoms with Crippen molar-refractivity contribution in [3.05, 3.63) is 48.0 Å². The zero-order valence-electron chi connectivity index (χ0n) is 16.2. The van der Waals surface area contributed by atoms with E-state index >= 15 is 0 Å². The number of aliphatic imine (C=N–C) groups is 2. The minimum atomic E-state index is 0.235. The van der Waals surface area contributed by atoms with Gasteiger partial charge in [-0.2, -0.15) is 0 Å². The van der Waals surface area contributed by atoms with E-state index in [2.05, 4.69) is 77.5 Å². The van der Waals surface area contributed by atoms with Crippen LogP contribution in [0.5, 0.6) is 0 Å². The molecule has 0 aromatic heterocycles. The van der Waals surface area contributed by atoms with Gasteiger partial charge >= 0.3 is 0 Å². The number of hydrazine groups is 1. The van der Waals surface area contributed by atoms with Crippen LogP contribution in [-0.2, 0) is 0 Å². The minimum Gasteiger partial charge on any atom is -0.304 e. The molecule has 1 unspecified atom stereocenters. The van der Waals surface area contributed by atoms with Crippen LogP contribution in [0.4, 0.5) is 0 Å². The molecule has 3 rings (SSSR count). The third-order valence-corrected chi connectivity index (χ3v) is 5.14. The third-order valence-electron chi connectivity index (χ3n) is 5.14. The fourth-order valence-corrected chi connectivity index (χ4v) is 3.53. The molecule has 0 saturated heterocycles. The molecule has 2 heterocycles. The molecule has 2 aliphatic rings. The fraction of sp³-hybridized carbons (Fsp3) is 0.524. The van der Waals surface area contributed by atoms with Crippen molar-refractivity contribution in [1.82, 2.24) is 15.3 Å². The van der Waals surface area contributed by atoms with E-state index in [1.807, 2.05) is 6.08 Å². The number of nitrogens with one attached hydrogen (secondary N) is 1. The Hall–Kier alpha value is -2.14. The number of hydrogen-bond acceptors (Lipinski definition) is 4. The van der Waals surface area contributed by atoms with Gasteiger partial charge in [-0.3, -0.25) is 20.4 Å². The molecule has 0 bridgehead atoms. The van der Waals surface area contributed by atoms with E-state index in [4.69, 9.17) is 4.99 Å². The van der Waals surface area contributed by atoms with Crippen molar-refractivity contribution >= 4 is 11.7 Å². The second-order valence-corrected chi connectivity index (χ2v) is 6.97. The number of nitrogens with zero attached hydrogens (tertiary/aromatic N) is 4. The molecule has 0 aliphatic carbocycles. The van der Waals surface area contributed by atoms with Crippen molar-refractivity contribution in [2.24, 2.45) is 9.98 Å². The average Bonchev–Trinajstić information content (AvgIpc) is 3.09. The van der Waals surface area contributed by atoms with E-state index in [0.717, 1.165) is 44.3 Å². The SMILES string of the molecule is CCN(CC)CCCC(C)N=C1C=CC2=NC[C@@H](c3ccccc3)N2N1. The maximum Gasteiger partial charge on any atom is 0.143 e. The van der Waals surface area contributed by atoms with Gasteiger partial charge in [0.1, 0.15) is 11.7 Å². The van der Waals surface area contributed by atoms with Gasteiger partial charge in [0.25, 0.3) is 0 Å². The summed E-state index contributed by atoms with van der Waals surface area (Å²) in [4.78, 5) is 12.0. The second kappa shape index (κ2) is 8.99. The van der Waals surface area contributed by atoms with Crippen LogP contribution in [0.1, 0.15) is 45.2 Å². The Labute approximate surface area is 157 Å². The summed E-state index contributed by atoms with van der Waals surface area (Å²) < 4.78 is 0. The number of rotatable bonds is 8. The maximum atomic E-state index is 4.88. The van der Waals surface area contributed by atoms with Crippen LogP contribution < -0.4 is 5.43 Å². The van der Waals surface area contributed by atoms with E-state index in [-0.39, 0.29) is 6.04 Å². The van der Waals surface area contributed by atoms with Crippen molar-refractivity contribution in [1.29, 1.82) is 0 Å². The molecule has 0 fully saturated rings. The molecule has 2 atom stereocenters. The van der Waals surface area contributed by atoms with Crippen LogP contribution in [0.15, 0.2) is 52.5 Å². The van der Waals surface area contributed by atoms with Crippen LogP contribution >= 0.6 is 0 Å². The topological polar surface area (TPSA) is 43.2 Å². The summed E-state index contributed by atoms with van der Waals surface area (Å²) in [5.41, 5.74) is 4.75. The van der Waals surface area contributed by atoms with Crippen molar-refractivity contribution in [2.45, 2.75) is 45.7 Å². The van der Waals surface area contributed by atoms with Crippen molar-refractivity contribution < 1.29 is 0 Å². The second-order valence-electron chi connectivity index (χ2n) is 6.97. The predicted molar refractivity (Wildman–Crippen MR) is 110 cm³/mol. The predicted octanol–water partition coefficient (Wildman–Crippen LogP) is 3.43. The molecule has 5 heteroatoms. The largest absolute Gasteiger partial charge is 0.304 e. The maximum absolute atomic E-state index is 4.88. The summed E-state index contributed by atoms with van der Waals surface area (Å²) in [7, 11) is 0. The minimum absolute atomic E-state index is 0.235. The molecule has 1 aromatic rings. The van der Waals surface area contributed by atoms with Gasteiger partial charge in [-0.15, -0.1) is 0 Å². The average molecular weight is 354 g/mol. The van der Waals surface area contributed by atoms with E-state index in [9.17, 15) is 0 Å². The van der Waals surface area contributed by atoms with Crippen LogP contribution in [0.2, 0.25) is 0 Å². The zero-order chi connectivity index (χ0) is 18.4. The van der Waals surface area contributed by atoms with Gasteiger partial charge in [-0.1, -0.05) is 44.2 Å². The number of amidine groups is 2. The Kier molecular flexibility index (Phi) is 6.45. The van der Waals surface area contributed by atoms with Gasteiger partial charge in [0.05, 0.1) is 12.6 Å². The molecule has 1 aromatic carbocycles. The van der Waals surface area contributed by atoms with Gasteiger partial charge in [-0.25, -0.2) is 0 Å². The van der Waals surface area contributed by atoms with Crippen molar-refractivity contribution in [2.75, 3.05) is 26.2 Å². The van der Waals surface area contributed by atoms with Crippen molar-refractivity contribution in [3.8, 4) is 0 Å². The number of fused-ring (bicyclic) bond motifs is 1. The first-order valence-electron chi connectivity index (χ1n) is 9.84. The lowest BCUT2D eigenvalue weighted by molar-refractivity contribution is 0.293. The summed E-state index contributed by atoms with van der Waals surface area (Å²) in [6.45, 7) is 10.8. The summed E-state index contributed by atoms with van der Waals surface area (Å²) in [6, 6.07) is 11.1. The number of hydrogen-bond donors (Lipinski definition) is 1. The normalized spacial score (nSPS) is 21.7. The molecule has 26 heavy (non-hydrogen) atoms. The quantitative estimate of drug-likeness (QED) is 0.779. The molecule has 0 radical (unpaired) electrons. The lowest BCUT2D eigenvalue weighted by Gasteiger charge is -2.31. The van der Waals surface area contributed by atoms with Crippen molar-refractivity contribution in [3.63, 3.8) is 0 Å². The molecule has 5 nitrogen and oxygen atoms in total. The van der Waals surface area contributed by atoms with Crippen LogP contribution in [0.25, 0.3) is 0 Å². The molecule has 140 valence electrons. The monoisotopic (exact) mass is 353 g/mol. The first-order chi connectivity index (χ1) is 12.7. The van der Waals surface area contributed by atoms with Gasteiger partial charge < -0.3 is 4.90 Å². The summed E-state index contributed by atoms with van der Waals surface area (Å²) in [5, 5.41) is 2.15. The highest BCUT2D eigenvalue weighted by atomic mass is 15.6. The van der Waals surface area contributed by atoms with Crippen LogP contribution in [-0.4, -0.2) is 53.8 Å².